The van der Waals surface area contributed by atoms with Crippen molar-refractivity contribution < 1.29 is 46.6 Å². The molecule has 2 N–H and O–H groups in total. The minimum atomic E-state index is -4.66. The van der Waals surface area contributed by atoms with Crippen LogP contribution in [0.3, 0.4) is 0 Å². The minimum Gasteiger partial charge on any atom is -0.489 e. The van der Waals surface area contributed by atoms with Gasteiger partial charge in [0, 0.05) is 7.11 Å². The van der Waals surface area contributed by atoms with Crippen LogP contribution >= 0.6 is 0 Å². The van der Waals surface area contributed by atoms with Gasteiger partial charge < -0.3 is 24.8 Å². The van der Waals surface area contributed by atoms with Gasteiger partial charge in [-0.05, 0) is 31.0 Å². The lowest BCUT2D eigenvalue weighted by Crippen LogP contribution is -2.44. The Labute approximate surface area is 192 Å². The van der Waals surface area contributed by atoms with Crippen molar-refractivity contribution in [3.63, 3.8) is 0 Å². The Bertz CT molecular complexity index is 961. The van der Waals surface area contributed by atoms with Gasteiger partial charge in [0.2, 0.25) is 0 Å². The van der Waals surface area contributed by atoms with Crippen LogP contribution in [0.4, 0.5) is 23.7 Å². The van der Waals surface area contributed by atoms with E-state index in [0.717, 1.165) is 29.9 Å². The first-order valence-corrected chi connectivity index (χ1v) is 10.5. The third-order valence-corrected chi connectivity index (χ3v) is 5.48. The molecule has 0 radical (unpaired) electrons. The Kier molecular flexibility index (Phi) is 7.64. The Hall–Kier alpha value is -3.35. The lowest BCUT2D eigenvalue weighted by molar-refractivity contribution is -0.150. The van der Waals surface area contributed by atoms with Crippen LogP contribution in [0.15, 0.2) is 18.2 Å². The van der Waals surface area contributed by atoms with E-state index in [2.05, 4.69) is 10.6 Å². The van der Waals surface area contributed by atoms with Gasteiger partial charge in [0.15, 0.2) is 6.61 Å². The number of nitrogens with zero attached hydrogens (tertiary/aromatic N) is 1. The van der Waals surface area contributed by atoms with Gasteiger partial charge in [-0.15, -0.1) is 0 Å². The third kappa shape index (κ3) is 5.76. The van der Waals surface area contributed by atoms with Crippen molar-refractivity contribution in [3.8, 4) is 5.75 Å². The number of alkyl halides is 3. The molecule has 3 rings (SSSR count). The summed E-state index contributed by atoms with van der Waals surface area (Å²) in [5.74, 6) is -2.51. The predicted octanol–water partition coefficient (Wildman–Crippen LogP) is 2.08. The van der Waals surface area contributed by atoms with Gasteiger partial charge in [-0.1, -0.05) is 12.8 Å². The van der Waals surface area contributed by atoms with Crippen molar-refractivity contribution in [2.45, 2.75) is 37.4 Å². The van der Waals surface area contributed by atoms with Crippen molar-refractivity contribution in [1.29, 1.82) is 0 Å². The normalized spacial score (nSPS) is 17.1. The molecule has 1 saturated carbocycles. The zero-order valence-electron chi connectivity index (χ0n) is 18.3. The number of imide groups is 1. The molecule has 13 heteroatoms. The molecule has 186 valence electrons. The van der Waals surface area contributed by atoms with Gasteiger partial charge in [-0.3, -0.25) is 19.3 Å². The van der Waals surface area contributed by atoms with Gasteiger partial charge in [0.1, 0.15) is 24.4 Å². The molecular formula is C21H24F3N3O7. The molecule has 2 fully saturated rings. The van der Waals surface area contributed by atoms with E-state index in [0.29, 0.717) is 18.9 Å². The summed E-state index contributed by atoms with van der Waals surface area (Å²) in [7, 11) is 1.42. The first-order chi connectivity index (χ1) is 16.1. The number of halogens is 3. The number of hydrogen-bond acceptors (Lipinski definition) is 7. The van der Waals surface area contributed by atoms with Gasteiger partial charge in [0.05, 0.1) is 17.9 Å². The second-order valence-corrected chi connectivity index (χ2v) is 7.87. The minimum absolute atomic E-state index is 0.0210. The van der Waals surface area contributed by atoms with Crippen molar-refractivity contribution in [2.24, 2.45) is 0 Å². The number of ether oxygens (including phenoxy) is 3. The summed E-state index contributed by atoms with van der Waals surface area (Å²) >= 11 is 0. The summed E-state index contributed by atoms with van der Waals surface area (Å²) < 4.78 is 54.1. The van der Waals surface area contributed by atoms with Gasteiger partial charge in [-0.2, -0.15) is 13.2 Å². The van der Waals surface area contributed by atoms with Crippen LogP contribution in [0.2, 0.25) is 0 Å². The van der Waals surface area contributed by atoms with E-state index in [1.54, 1.807) is 0 Å². The number of hydrogen-bond donors (Lipinski definition) is 2. The average molecular weight is 487 g/mol. The largest absolute Gasteiger partial charge is 0.489 e. The molecule has 1 aliphatic carbocycles. The van der Waals surface area contributed by atoms with Crippen molar-refractivity contribution in [3.05, 3.63) is 23.8 Å². The average Bonchev–Trinajstić information content (AvgIpc) is 3.33. The SMILES string of the molecule is COCCOc1ccc(C(F)(F)F)cc1NC(=O)COC(=O)CN1C(=O)NC2(CCCC2)C1=O. The fraction of sp³-hybridized carbons (Fsp3) is 0.524. The zero-order chi connectivity index (χ0) is 24.9. The second-order valence-electron chi connectivity index (χ2n) is 7.87. The van der Waals surface area contributed by atoms with E-state index in [1.807, 2.05) is 0 Å². The van der Waals surface area contributed by atoms with Crippen LogP contribution in [0.1, 0.15) is 31.2 Å². The Morgan fingerprint density at radius 2 is 1.88 bits per heavy atom. The van der Waals surface area contributed by atoms with Gasteiger partial charge in [0.25, 0.3) is 11.8 Å². The van der Waals surface area contributed by atoms with Crippen LogP contribution in [0.25, 0.3) is 0 Å². The maximum absolute atomic E-state index is 13.1. The summed E-state index contributed by atoms with van der Waals surface area (Å²) in [4.78, 5) is 49.7. The number of benzene rings is 1. The van der Waals surface area contributed by atoms with Crippen LogP contribution in [0.5, 0.6) is 5.75 Å². The lowest BCUT2D eigenvalue weighted by atomic mass is 9.98. The number of amides is 4. The molecule has 1 aliphatic heterocycles. The Balaban J connectivity index is 1.58. The summed E-state index contributed by atoms with van der Waals surface area (Å²) in [5, 5.41) is 4.83. The molecule has 4 amide bonds. The summed E-state index contributed by atoms with van der Waals surface area (Å²) in [6, 6.07) is 1.83. The number of rotatable bonds is 9. The van der Waals surface area contributed by atoms with Crippen molar-refractivity contribution in [1.82, 2.24) is 10.2 Å². The number of carbonyl (C=O) groups is 4. The number of nitrogens with one attached hydrogen (secondary N) is 2. The zero-order valence-corrected chi connectivity index (χ0v) is 18.3. The maximum atomic E-state index is 13.1. The summed E-state index contributed by atoms with van der Waals surface area (Å²) in [5.41, 5.74) is -2.28. The number of anilines is 1. The van der Waals surface area contributed by atoms with Crippen molar-refractivity contribution >= 4 is 29.5 Å². The fourth-order valence-corrected chi connectivity index (χ4v) is 3.81. The first-order valence-electron chi connectivity index (χ1n) is 10.5. The van der Waals surface area contributed by atoms with E-state index in [9.17, 15) is 32.3 Å². The monoisotopic (exact) mass is 487 g/mol. The van der Waals surface area contributed by atoms with Gasteiger partial charge in [-0.25, -0.2) is 4.79 Å². The third-order valence-electron chi connectivity index (χ3n) is 5.48. The molecule has 0 unspecified atom stereocenters. The molecule has 1 heterocycles. The molecule has 0 atom stereocenters. The maximum Gasteiger partial charge on any atom is 0.416 e. The van der Waals surface area contributed by atoms with E-state index in [-0.39, 0.29) is 24.7 Å². The number of esters is 1. The van der Waals surface area contributed by atoms with E-state index in [1.165, 1.54) is 7.11 Å². The van der Waals surface area contributed by atoms with Gasteiger partial charge >= 0.3 is 18.2 Å². The van der Waals surface area contributed by atoms with E-state index >= 15 is 0 Å². The van der Waals surface area contributed by atoms with Crippen molar-refractivity contribution in [2.75, 3.05) is 38.8 Å². The number of carbonyl (C=O) groups excluding carboxylic acids is 4. The molecule has 0 aromatic heterocycles. The molecule has 1 aromatic carbocycles. The summed E-state index contributed by atoms with van der Waals surface area (Å²) in [6.07, 6.45) is -2.14. The molecule has 1 spiro atoms. The Morgan fingerprint density at radius 1 is 1.18 bits per heavy atom. The molecule has 0 bridgehead atoms. The van der Waals surface area contributed by atoms with E-state index < -0.39 is 54.2 Å². The molecule has 10 nitrogen and oxygen atoms in total. The quantitative estimate of drug-likeness (QED) is 0.311. The molecular weight excluding hydrogens is 463 g/mol. The molecule has 1 saturated heterocycles. The highest BCUT2D eigenvalue weighted by atomic mass is 19.4. The standard InChI is InChI=1S/C21H24F3N3O7/c1-32-8-9-33-15-5-4-13(21(22,23)24)10-14(15)25-16(28)12-34-17(29)11-27-18(30)20(26-19(27)31)6-2-3-7-20/h4-5,10H,2-3,6-9,11-12H2,1H3,(H,25,28)(H,26,31). The number of urea groups is 1. The second kappa shape index (κ2) is 10.3. The van der Waals surface area contributed by atoms with Crippen LogP contribution < -0.4 is 15.4 Å². The Morgan fingerprint density at radius 3 is 2.53 bits per heavy atom. The first kappa shape index (κ1) is 25.3. The van der Waals surface area contributed by atoms with E-state index in [4.69, 9.17) is 14.2 Å². The summed E-state index contributed by atoms with van der Waals surface area (Å²) in [6.45, 7) is -1.35. The van der Waals surface area contributed by atoms with Crippen LogP contribution in [0, 0.1) is 0 Å². The predicted molar refractivity (Wildman–Crippen MR) is 110 cm³/mol. The fourth-order valence-electron chi connectivity index (χ4n) is 3.81. The molecule has 2 aliphatic rings. The van der Waals surface area contributed by atoms with Crippen LogP contribution in [-0.4, -0.2) is 67.7 Å². The smallest absolute Gasteiger partial charge is 0.416 e. The topological polar surface area (TPSA) is 123 Å². The molecule has 1 aromatic rings. The highest BCUT2D eigenvalue weighted by Gasteiger charge is 2.52. The highest BCUT2D eigenvalue weighted by molar-refractivity contribution is 6.09. The lowest BCUT2D eigenvalue weighted by Gasteiger charge is -2.19. The highest BCUT2D eigenvalue weighted by Crippen LogP contribution is 2.36. The molecule has 34 heavy (non-hydrogen) atoms. The van der Waals surface area contributed by atoms with Crippen LogP contribution in [-0.2, 0) is 30.0 Å². The number of methoxy groups -OCH3 is 1.